The van der Waals surface area contributed by atoms with Gasteiger partial charge in [0.15, 0.2) is 0 Å². The maximum Gasteiger partial charge on any atom is 0.123 e. The SMILES string of the molecule is COc1cc(C)ccc1C(C)NCC(C)C#N. The number of ether oxygens (including phenoxy) is 1. The van der Waals surface area contributed by atoms with E-state index in [-0.39, 0.29) is 12.0 Å². The van der Waals surface area contributed by atoms with Gasteiger partial charge in [0.05, 0.1) is 19.1 Å². The Labute approximate surface area is 103 Å². The van der Waals surface area contributed by atoms with Crippen LogP contribution in [0, 0.1) is 24.2 Å². The van der Waals surface area contributed by atoms with E-state index in [4.69, 9.17) is 10.00 Å². The average Bonchev–Trinajstić information content (AvgIpc) is 2.35. The molecule has 0 aliphatic heterocycles. The van der Waals surface area contributed by atoms with Crippen molar-refractivity contribution < 1.29 is 4.74 Å². The Morgan fingerprint density at radius 2 is 2.12 bits per heavy atom. The predicted molar refractivity (Wildman–Crippen MR) is 68.9 cm³/mol. The Kier molecular flexibility index (Phi) is 4.99. The molecule has 17 heavy (non-hydrogen) atoms. The zero-order valence-corrected chi connectivity index (χ0v) is 10.9. The number of benzene rings is 1. The van der Waals surface area contributed by atoms with Crippen LogP contribution in [0.4, 0.5) is 0 Å². The molecule has 0 heterocycles. The molecule has 1 aromatic carbocycles. The topological polar surface area (TPSA) is 45.0 Å². The molecular formula is C14H20N2O. The van der Waals surface area contributed by atoms with Crippen molar-refractivity contribution in [3.05, 3.63) is 29.3 Å². The maximum atomic E-state index is 8.74. The highest BCUT2D eigenvalue weighted by Crippen LogP contribution is 2.26. The first-order valence-corrected chi connectivity index (χ1v) is 5.86. The van der Waals surface area contributed by atoms with E-state index in [1.165, 1.54) is 5.56 Å². The lowest BCUT2D eigenvalue weighted by molar-refractivity contribution is 0.400. The summed E-state index contributed by atoms with van der Waals surface area (Å²) in [5.74, 6) is 0.920. The molecule has 0 saturated carbocycles. The summed E-state index contributed by atoms with van der Waals surface area (Å²) in [4.78, 5) is 0. The van der Waals surface area contributed by atoms with Crippen LogP contribution in [-0.4, -0.2) is 13.7 Å². The van der Waals surface area contributed by atoms with Crippen LogP contribution in [0.15, 0.2) is 18.2 Å². The molecule has 3 nitrogen and oxygen atoms in total. The third-order valence-electron chi connectivity index (χ3n) is 2.81. The van der Waals surface area contributed by atoms with E-state index in [1.807, 2.05) is 19.9 Å². The van der Waals surface area contributed by atoms with Gasteiger partial charge in [0, 0.05) is 18.2 Å². The van der Waals surface area contributed by atoms with Crippen molar-refractivity contribution in [2.24, 2.45) is 5.92 Å². The van der Waals surface area contributed by atoms with Gasteiger partial charge in [0.25, 0.3) is 0 Å². The number of hydrogen-bond acceptors (Lipinski definition) is 3. The fraction of sp³-hybridized carbons (Fsp3) is 0.500. The Balaban J connectivity index is 2.75. The van der Waals surface area contributed by atoms with E-state index in [2.05, 4.69) is 30.4 Å². The van der Waals surface area contributed by atoms with Gasteiger partial charge in [-0.3, -0.25) is 0 Å². The summed E-state index contributed by atoms with van der Waals surface area (Å²) in [5, 5.41) is 12.1. The van der Waals surface area contributed by atoms with Crippen molar-refractivity contribution in [1.29, 1.82) is 5.26 Å². The molecule has 2 atom stereocenters. The van der Waals surface area contributed by atoms with Crippen LogP contribution in [0.2, 0.25) is 0 Å². The minimum absolute atomic E-state index is 0.0221. The highest BCUT2D eigenvalue weighted by atomic mass is 16.5. The van der Waals surface area contributed by atoms with Crippen LogP contribution >= 0.6 is 0 Å². The second kappa shape index (κ2) is 6.27. The molecular weight excluding hydrogens is 212 g/mol. The van der Waals surface area contributed by atoms with Crippen molar-refractivity contribution >= 4 is 0 Å². The van der Waals surface area contributed by atoms with Gasteiger partial charge in [-0.15, -0.1) is 0 Å². The second-order valence-corrected chi connectivity index (χ2v) is 4.41. The fourth-order valence-electron chi connectivity index (χ4n) is 1.69. The number of methoxy groups -OCH3 is 1. The molecule has 1 N–H and O–H groups in total. The van der Waals surface area contributed by atoms with Crippen molar-refractivity contribution in [3.8, 4) is 11.8 Å². The van der Waals surface area contributed by atoms with Crippen molar-refractivity contribution in [2.45, 2.75) is 26.8 Å². The molecule has 0 saturated heterocycles. The molecule has 0 aliphatic carbocycles. The number of nitrogens with one attached hydrogen (secondary N) is 1. The van der Waals surface area contributed by atoms with E-state index in [1.54, 1.807) is 7.11 Å². The summed E-state index contributed by atoms with van der Waals surface area (Å²) in [5.41, 5.74) is 2.31. The highest BCUT2D eigenvalue weighted by Gasteiger charge is 2.11. The quantitative estimate of drug-likeness (QED) is 0.849. The molecule has 1 aromatic rings. The zero-order chi connectivity index (χ0) is 12.8. The van der Waals surface area contributed by atoms with Gasteiger partial charge in [-0.05, 0) is 32.4 Å². The normalized spacial score (nSPS) is 13.8. The molecule has 0 aliphatic rings. The van der Waals surface area contributed by atoms with E-state index in [0.29, 0.717) is 6.54 Å². The lowest BCUT2D eigenvalue weighted by Crippen LogP contribution is -2.24. The molecule has 2 unspecified atom stereocenters. The van der Waals surface area contributed by atoms with Gasteiger partial charge >= 0.3 is 0 Å². The Morgan fingerprint density at radius 3 is 2.71 bits per heavy atom. The first-order valence-electron chi connectivity index (χ1n) is 5.86. The van der Waals surface area contributed by atoms with E-state index in [9.17, 15) is 0 Å². The molecule has 1 rings (SSSR count). The number of hydrogen-bond donors (Lipinski definition) is 1. The van der Waals surface area contributed by atoms with Gasteiger partial charge in [-0.1, -0.05) is 12.1 Å². The molecule has 0 amide bonds. The summed E-state index contributed by atoms with van der Waals surface area (Å²) >= 11 is 0. The Hall–Kier alpha value is -1.53. The Morgan fingerprint density at radius 1 is 1.41 bits per heavy atom. The first-order chi connectivity index (χ1) is 8.08. The largest absolute Gasteiger partial charge is 0.496 e. The number of aryl methyl sites for hydroxylation is 1. The van der Waals surface area contributed by atoms with Gasteiger partial charge in [0.2, 0.25) is 0 Å². The zero-order valence-electron chi connectivity index (χ0n) is 10.9. The van der Waals surface area contributed by atoms with Gasteiger partial charge < -0.3 is 10.1 Å². The lowest BCUT2D eigenvalue weighted by Gasteiger charge is -2.18. The standard InChI is InChI=1S/C14H20N2O/c1-10-5-6-13(14(7-10)17-4)12(3)16-9-11(2)8-15/h5-7,11-12,16H,9H2,1-4H3. The van der Waals surface area contributed by atoms with Crippen LogP contribution in [0.25, 0.3) is 0 Å². The highest BCUT2D eigenvalue weighted by molar-refractivity contribution is 5.39. The Bertz CT molecular complexity index is 409. The summed E-state index contributed by atoms with van der Waals surface area (Å²) in [6.07, 6.45) is 0. The molecule has 0 fully saturated rings. The smallest absolute Gasteiger partial charge is 0.123 e. The molecule has 0 bridgehead atoms. The van der Waals surface area contributed by atoms with Crippen molar-refractivity contribution in [3.63, 3.8) is 0 Å². The summed E-state index contributed by atoms with van der Waals surface area (Å²) in [7, 11) is 1.68. The summed E-state index contributed by atoms with van der Waals surface area (Å²) in [6.45, 7) is 6.72. The predicted octanol–water partition coefficient (Wildman–Crippen LogP) is 2.81. The molecule has 92 valence electrons. The van der Waals surface area contributed by atoms with Crippen LogP contribution in [0.3, 0.4) is 0 Å². The van der Waals surface area contributed by atoms with Crippen LogP contribution in [0.5, 0.6) is 5.75 Å². The van der Waals surface area contributed by atoms with Crippen LogP contribution < -0.4 is 10.1 Å². The monoisotopic (exact) mass is 232 g/mol. The first kappa shape index (κ1) is 13.5. The summed E-state index contributed by atoms with van der Waals surface area (Å²) < 4.78 is 5.38. The van der Waals surface area contributed by atoms with E-state index < -0.39 is 0 Å². The van der Waals surface area contributed by atoms with Gasteiger partial charge in [0.1, 0.15) is 5.75 Å². The van der Waals surface area contributed by atoms with Crippen molar-refractivity contribution in [2.75, 3.05) is 13.7 Å². The fourth-order valence-corrected chi connectivity index (χ4v) is 1.69. The third kappa shape index (κ3) is 3.76. The molecule has 0 aromatic heterocycles. The van der Waals surface area contributed by atoms with Gasteiger partial charge in [-0.25, -0.2) is 0 Å². The van der Waals surface area contributed by atoms with E-state index in [0.717, 1.165) is 11.3 Å². The van der Waals surface area contributed by atoms with Crippen LogP contribution in [0.1, 0.15) is 31.0 Å². The van der Waals surface area contributed by atoms with Gasteiger partial charge in [-0.2, -0.15) is 5.26 Å². The third-order valence-corrected chi connectivity index (χ3v) is 2.81. The van der Waals surface area contributed by atoms with E-state index >= 15 is 0 Å². The molecule has 3 heteroatoms. The minimum atomic E-state index is 0.0221. The average molecular weight is 232 g/mol. The molecule has 0 radical (unpaired) electrons. The minimum Gasteiger partial charge on any atom is -0.496 e. The van der Waals surface area contributed by atoms with Crippen LogP contribution in [-0.2, 0) is 0 Å². The number of nitriles is 1. The van der Waals surface area contributed by atoms with Crippen molar-refractivity contribution in [1.82, 2.24) is 5.32 Å². The molecule has 0 spiro atoms. The lowest BCUT2D eigenvalue weighted by atomic mass is 10.0. The number of nitrogens with zero attached hydrogens (tertiary/aromatic N) is 1. The second-order valence-electron chi connectivity index (χ2n) is 4.41. The summed E-state index contributed by atoms with van der Waals surface area (Å²) in [6, 6.07) is 8.57. The number of rotatable bonds is 5. The maximum absolute atomic E-state index is 8.74.